The number of carboxylic acid groups (broad SMARTS) is 1. The van der Waals surface area contributed by atoms with Crippen molar-refractivity contribution in [1.29, 1.82) is 0 Å². The van der Waals surface area contributed by atoms with Crippen molar-refractivity contribution >= 4 is 5.97 Å². The van der Waals surface area contributed by atoms with Gasteiger partial charge in [0, 0.05) is 6.42 Å². The van der Waals surface area contributed by atoms with Gasteiger partial charge in [0.2, 0.25) is 0 Å². The lowest BCUT2D eigenvalue weighted by Crippen LogP contribution is -1.93. The van der Waals surface area contributed by atoms with E-state index in [9.17, 15) is 4.79 Å². The second-order valence-corrected chi connectivity index (χ2v) is 5.56. The summed E-state index contributed by atoms with van der Waals surface area (Å²) in [6, 6.07) is 0. The normalized spacial score (nSPS) is 11.7. The lowest BCUT2D eigenvalue weighted by atomic mass is 10.1. The van der Waals surface area contributed by atoms with Gasteiger partial charge in [0.15, 0.2) is 0 Å². The van der Waals surface area contributed by atoms with Crippen molar-refractivity contribution in [3.63, 3.8) is 0 Å². The van der Waals surface area contributed by atoms with Crippen LogP contribution in [0.4, 0.5) is 0 Å². The second-order valence-electron chi connectivity index (χ2n) is 5.56. The van der Waals surface area contributed by atoms with E-state index >= 15 is 0 Å². The van der Waals surface area contributed by atoms with E-state index in [1.165, 1.54) is 12.8 Å². The number of allylic oxidation sites excluding steroid dienone is 4. The van der Waals surface area contributed by atoms with Crippen molar-refractivity contribution in [2.45, 2.75) is 77.0 Å². The van der Waals surface area contributed by atoms with Gasteiger partial charge in [0.25, 0.3) is 0 Å². The Labute approximate surface area is 134 Å². The van der Waals surface area contributed by atoms with E-state index in [4.69, 9.17) is 10.4 Å². The summed E-state index contributed by atoms with van der Waals surface area (Å²) in [4.78, 5) is 14.4. The molecule has 0 unspecified atom stereocenters. The maximum atomic E-state index is 10.3. The van der Waals surface area contributed by atoms with Crippen LogP contribution >= 0.6 is 0 Å². The maximum absolute atomic E-state index is 10.3. The first-order valence-corrected chi connectivity index (χ1v) is 8.55. The molecule has 0 aromatic heterocycles. The fourth-order valence-electron chi connectivity index (χ4n) is 2.18. The number of rotatable bonds is 16. The molecule has 0 heterocycles. The van der Waals surface area contributed by atoms with Crippen molar-refractivity contribution < 1.29 is 20.0 Å². The Morgan fingerprint density at radius 1 is 0.773 bits per heavy atom. The van der Waals surface area contributed by atoms with E-state index in [0.717, 1.165) is 57.8 Å². The summed E-state index contributed by atoms with van der Waals surface area (Å²) in [6.45, 7) is 0.437. The molecule has 0 radical (unpaired) electrons. The van der Waals surface area contributed by atoms with Gasteiger partial charge in [-0.2, -0.15) is 0 Å². The molecule has 0 amide bonds. The lowest BCUT2D eigenvalue weighted by Gasteiger charge is -1.98. The molecule has 0 saturated heterocycles. The summed E-state index contributed by atoms with van der Waals surface area (Å²) in [5.74, 6) is -0.685. The molecule has 0 aliphatic carbocycles. The highest BCUT2D eigenvalue weighted by Crippen LogP contribution is 2.08. The zero-order valence-corrected chi connectivity index (χ0v) is 13.7. The number of unbranched alkanes of at least 4 members (excludes halogenated alkanes) is 8. The van der Waals surface area contributed by atoms with Gasteiger partial charge >= 0.3 is 5.97 Å². The van der Waals surface area contributed by atoms with Crippen LogP contribution in [0, 0.1) is 0 Å². The molecule has 0 saturated carbocycles. The van der Waals surface area contributed by atoms with E-state index in [1.807, 2.05) is 0 Å². The average molecular weight is 312 g/mol. The van der Waals surface area contributed by atoms with Gasteiger partial charge in [-0.3, -0.25) is 10.1 Å². The molecular weight excluding hydrogens is 280 g/mol. The molecule has 0 atom stereocenters. The van der Waals surface area contributed by atoms with Crippen molar-refractivity contribution in [3.05, 3.63) is 24.3 Å². The Kier molecular flexibility index (Phi) is 17.0. The van der Waals surface area contributed by atoms with Gasteiger partial charge in [-0.15, -0.1) is 0 Å². The molecular formula is C18H32O4. The fraction of sp³-hybridized carbons (Fsp3) is 0.722. The largest absolute Gasteiger partial charge is 0.481 e. The Bertz CT molecular complexity index is 297. The van der Waals surface area contributed by atoms with Gasteiger partial charge in [-0.1, -0.05) is 50.0 Å². The minimum Gasteiger partial charge on any atom is -0.481 e. The summed E-state index contributed by atoms with van der Waals surface area (Å²) in [5.41, 5.74) is 0. The van der Waals surface area contributed by atoms with Crippen LogP contribution in [0.25, 0.3) is 0 Å². The average Bonchev–Trinajstić information content (AvgIpc) is 2.50. The molecule has 0 aromatic carbocycles. The Hall–Kier alpha value is -1.13. The van der Waals surface area contributed by atoms with Crippen LogP contribution < -0.4 is 0 Å². The van der Waals surface area contributed by atoms with Crippen LogP contribution in [0.2, 0.25) is 0 Å². The van der Waals surface area contributed by atoms with Crippen LogP contribution in [0.1, 0.15) is 77.0 Å². The smallest absolute Gasteiger partial charge is 0.303 e. The second kappa shape index (κ2) is 17.9. The molecule has 4 heteroatoms. The van der Waals surface area contributed by atoms with Gasteiger partial charge in [-0.25, -0.2) is 4.89 Å². The molecule has 0 aromatic rings. The van der Waals surface area contributed by atoms with E-state index in [0.29, 0.717) is 13.0 Å². The summed E-state index contributed by atoms with van der Waals surface area (Å²) < 4.78 is 0. The predicted octanol–water partition coefficient (Wildman–Crippen LogP) is 5.35. The minimum absolute atomic E-state index is 0.307. The van der Waals surface area contributed by atoms with Crippen molar-refractivity contribution in [3.8, 4) is 0 Å². The van der Waals surface area contributed by atoms with Crippen LogP contribution in [0.15, 0.2) is 24.3 Å². The topological polar surface area (TPSA) is 66.8 Å². The highest BCUT2D eigenvalue weighted by molar-refractivity contribution is 5.66. The first-order chi connectivity index (χ1) is 10.8. The molecule has 0 bridgehead atoms. The Morgan fingerprint density at radius 3 is 1.91 bits per heavy atom. The monoisotopic (exact) mass is 312 g/mol. The van der Waals surface area contributed by atoms with E-state index in [1.54, 1.807) is 0 Å². The molecule has 22 heavy (non-hydrogen) atoms. The molecule has 0 aliphatic rings. The van der Waals surface area contributed by atoms with Crippen molar-refractivity contribution in [2.75, 3.05) is 6.61 Å². The summed E-state index contributed by atoms with van der Waals surface area (Å²) in [6.07, 6.45) is 20.9. The van der Waals surface area contributed by atoms with Crippen LogP contribution in [0.5, 0.6) is 0 Å². The quantitative estimate of drug-likeness (QED) is 0.174. The van der Waals surface area contributed by atoms with E-state index < -0.39 is 5.97 Å². The van der Waals surface area contributed by atoms with E-state index in [2.05, 4.69) is 29.2 Å². The molecule has 2 N–H and O–H groups in total. The first-order valence-electron chi connectivity index (χ1n) is 8.55. The minimum atomic E-state index is -0.685. The van der Waals surface area contributed by atoms with Gasteiger partial charge < -0.3 is 5.11 Å². The molecule has 4 nitrogen and oxygen atoms in total. The number of carboxylic acids is 1. The SMILES string of the molecule is O=C(O)CCCCCCC/C=C\C/C=C\CCCCCOO. The van der Waals surface area contributed by atoms with Gasteiger partial charge in [0.05, 0.1) is 6.61 Å². The maximum Gasteiger partial charge on any atom is 0.303 e. The first kappa shape index (κ1) is 20.9. The molecule has 128 valence electrons. The third-order valence-electron chi connectivity index (χ3n) is 3.47. The lowest BCUT2D eigenvalue weighted by molar-refractivity contribution is -0.242. The van der Waals surface area contributed by atoms with Crippen molar-refractivity contribution in [1.82, 2.24) is 0 Å². The summed E-state index contributed by atoms with van der Waals surface area (Å²) >= 11 is 0. The summed E-state index contributed by atoms with van der Waals surface area (Å²) in [5, 5.41) is 16.7. The van der Waals surface area contributed by atoms with Gasteiger partial charge in [-0.05, 0) is 44.9 Å². The van der Waals surface area contributed by atoms with Crippen molar-refractivity contribution in [2.24, 2.45) is 0 Å². The zero-order chi connectivity index (χ0) is 16.3. The predicted molar refractivity (Wildman–Crippen MR) is 89.9 cm³/mol. The highest BCUT2D eigenvalue weighted by Gasteiger charge is 1.95. The number of hydrogen-bond acceptors (Lipinski definition) is 3. The van der Waals surface area contributed by atoms with Crippen LogP contribution in [-0.2, 0) is 9.68 Å². The molecule has 0 spiro atoms. The van der Waals surface area contributed by atoms with Gasteiger partial charge in [0.1, 0.15) is 0 Å². The number of hydrogen-bond donors (Lipinski definition) is 2. The third kappa shape index (κ3) is 18.9. The fourth-order valence-corrected chi connectivity index (χ4v) is 2.18. The summed E-state index contributed by atoms with van der Waals surface area (Å²) in [7, 11) is 0. The molecule has 0 rings (SSSR count). The highest BCUT2D eigenvalue weighted by atomic mass is 17.1. The Morgan fingerprint density at radius 2 is 1.32 bits per heavy atom. The van der Waals surface area contributed by atoms with Crippen LogP contribution in [0.3, 0.4) is 0 Å². The molecule has 0 aliphatic heterocycles. The molecule has 0 fully saturated rings. The zero-order valence-electron chi connectivity index (χ0n) is 13.7. The van der Waals surface area contributed by atoms with Crippen LogP contribution in [-0.4, -0.2) is 22.9 Å². The van der Waals surface area contributed by atoms with E-state index in [-0.39, 0.29) is 0 Å². The number of carbonyl (C=O) groups is 1. The third-order valence-corrected chi connectivity index (χ3v) is 3.47. The number of aliphatic carboxylic acids is 1. The Balaban J connectivity index is 3.18. The standard InChI is InChI=1S/C18H32O4/c19-18(20)16-14-12-10-8-6-4-2-1-3-5-7-9-11-13-15-17-22-21/h1-2,5,7,21H,3-4,6,8-17H2,(H,19,20)/b2-1-,7-5-.